The number of rotatable bonds is 1. The Bertz CT molecular complexity index is 835. The van der Waals surface area contributed by atoms with Crippen molar-refractivity contribution in [1.82, 2.24) is 9.55 Å². The van der Waals surface area contributed by atoms with Gasteiger partial charge in [0.15, 0.2) is 10.4 Å². The SMILES string of the molecule is CN=c1scc(-c2ccc3[nH]c(=O)oc3c2)n1C. The predicted molar refractivity (Wildman–Crippen MR) is 70.6 cm³/mol. The van der Waals surface area contributed by atoms with Crippen LogP contribution in [0.5, 0.6) is 0 Å². The number of oxazole rings is 1. The van der Waals surface area contributed by atoms with Crippen LogP contribution in [-0.2, 0) is 7.05 Å². The minimum Gasteiger partial charge on any atom is -0.408 e. The van der Waals surface area contributed by atoms with Gasteiger partial charge in [-0.1, -0.05) is 6.07 Å². The Balaban J connectivity index is 2.24. The molecule has 0 aliphatic carbocycles. The van der Waals surface area contributed by atoms with Crippen LogP contribution in [0.15, 0.2) is 37.8 Å². The van der Waals surface area contributed by atoms with Crippen molar-refractivity contribution < 1.29 is 4.42 Å². The first-order valence-electron chi connectivity index (χ1n) is 5.39. The van der Waals surface area contributed by atoms with Crippen LogP contribution in [0.1, 0.15) is 0 Å². The van der Waals surface area contributed by atoms with E-state index >= 15 is 0 Å². The first kappa shape index (κ1) is 11.0. The lowest BCUT2D eigenvalue weighted by Gasteiger charge is -2.02. The van der Waals surface area contributed by atoms with Crippen LogP contribution in [0.2, 0.25) is 0 Å². The van der Waals surface area contributed by atoms with Gasteiger partial charge in [0.25, 0.3) is 0 Å². The van der Waals surface area contributed by atoms with Gasteiger partial charge >= 0.3 is 5.76 Å². The van der Waals surface area contributed by atoms with Crippen molar-refractivity contribution in [2.75, 3.05) is 7.05 Å². The zero-order valence-corrected chi connectivity index (χ0v) is 10.7. The molecule has 2 heterocycles. The van der Waals surface area contributed by atoms with E-state index in [4.69, 9.17) is 4.42 Å². The minimum atomic E-state index is -0.430. The smallest absolute Gasteiger partial charge is 0.408 e. The van der Waals surface area contributed by atoms with Gasteiger partial charge in [0.1, 0.15) is 0 Å². The zero-order valence-electron chi connectivity index (χ0n) is 9.93. The second-order valence-corrected chi connectivity index (χ2v) is 4.75. The lowest BCUT2D eigenvalue weighted by atomic mass is 10.1. The van der Waals surface area contributed by atoms with Gasteiger partial charge in [-0.25, -0.2) is 4.79 Å². The fourth-order valence-electron chi connectivity index (χ4n) is 1.94. The van der Waals surface area contributed by atoms with Gasteiger partial charge in [0.05, 0.1) is 11.2 Å². The first-order valence-corrected chi connectivity index (χ1v) is 6.27. The summed E-state index contributed by atoms with van der Waals surface area (Å²) in [5.41, 5.74) is 3.32. The summed E-state index contributed by atoms with van der Waals surface area (Å²) in [4.78, 5) is 18.9. The van der Waals surface area contributed by atoms with Crippen molar-refractivity contribution in [3.63, 3.8) is 0 Å². The number of H-pyrrole nitrogens is 1. The average molecular weight is 261 g/mol. The number of fused-ring (bicyclic) bond motifs is 1. The van der Waals surface area contributed by atoms with Crippen molar-refractivity contribution in [3.8, 4) is 11.3 Å². The number of thiazole rings is 1. The van der Waals surface area contributed by atoms with Crippen LogP contribution in [0.4, 0.5) is 0 Å². The average Bonchev–Trinajstić information content (AvgIpc) is 2.89. The Kier molecular flexibility index (Phi) is 2.45. The molecule has 0 spiro atoms. The third-order valence-corrected chi connectivity index (χ3v) is 3.84. The molecule has 0 aliphatic rings. The zero-order chi connectivity index (χ0) is 12.7. The highest BCUT2D eigenvalue weighted by atomic mass is 32.1. The summed E-state index contributed by atoms with van der Waals surface area (Å²) in [5.74, 6) is -0.430. The van der Waals surface area contributed by atoms with E-state index in [1.165, 1.54) is 0 Å². The van der Waals surface area contributed by atoms with Crippen molar-refractivity contribution in [1.29, 1.82) is 0 Å². The second kappa shape index (κ2) is 3.99. The Hall–Kier alpha value is -2.08. The Morgan fingerprint density at radius 2 is 2.28 bits per heavy atom. The molecule has 1 N–H and O–H groups in total. The molecule has 0 bridgehead atoms. The summed E-state index contributed by atoms with van der Waals surface area (Å²) in [7, 11) is 3.73. The molecule has 0 saturated heterocycles. The summed E-state index contributed by atoms with van der Waals surface area (Å²) in [6, 6.07) is 5.65. The summed E-state index contributed by atoms with van der Waals surface area (Å²) in [5, 5.41) is 2.04. The molecule has 5 nitrogen and oxygen atoms in total. The van der Waals surface area contributed by atoms with E-state index in [2.05, 4.69) is 9.98 Å². The molecule has 0 radical (unpaired) electrons. The van der Waals surface area contributed by atoms with Crippen LogP contribution >= 0.6 is 11.3 Å². The molecule has 0 unspecified atom stereocenters. The van der Waals surface area contributed by atoms with E-state index in [0.717, 1.165) is 16.1 Å². The molecule has 92 valence electrons. The Morgan fingerprint density at radius 1 is 1.44 bits per heavy atom. The van der Waals surface area contributed by atoms with Crippen molar-refractivity contribution >= 4 is 22.4 Å². The third kappa shape index (κ3) is 1.62. The Labute approximate surface area is 106 Å². The third-order valence-electron chi connectivity index (χ3n) is 2.83. The molecular formula is C12H11N3O2S. The number of hydrogen-bond acceptors (Lipinski definition) is 4. The van der Waals surface area contributed by atoms with Crippen LogP contribution in [-0.4, -0.2) is 16.6 Å². The number of aromatic nitrogens is 2. The van der Waals surface area contributed by atoms with E-state index in [9.17, 15) is 4.79 Å². The lowest BCUT2D eigenvalue weighted by Crippen LogP contribution is -2.10. The minimum absolute atomic E-state index is 0.430. The molecule has 0 fully saturated rings. The highest BCUT2D eigenvalue weighted by Gasteiger charge is 2.07. The largest absolute Gasteiger partial charge is 0.417 e. The van der Waals surface area contributed by atoms with Crippen molar-refractivity contribution in [2.24, 2.45) is 12.0 Å². The molecule has 3 rings (SSSR count). The summed E-state index contributed by atoms with van der Waals surface area (Å²) in [6.45, 7) is 0. The van der Waals surface area contributed by atoms with Gasteiger partial charge in [-0.05, 0) is 12.1 Å². The van der Waals surface area contributed by atoms with E-state index in [1.807, 2.05) is 35.2 Å². The molecule has 0 saturated carbocycles. The highest BCUT2D eigenvalue weighted by molar-refractivity contribution is 7.07. The molecule has 18 heavy (non-hydrogen) atoms. The number of aromatic amines is 1. The van der Waals surface area contributed by atoms with Crippen LogP contribution in [0, 0.1) is 0 Å². The highest BCUT2D eigenvalue weighted by Crippen LogP contribution is 2.23. The number of nitrogens with one attached hydrogen (secondary N) is 1. The van der Waals surface area contributed by atoms with Crippen LogP contribution in [0.25, 0.3) is 22.4 Å². The molecule has 0 amide bonds. The fourth-order valence-corrected chi connectivity index (χ4v) is 2.81. The normalized spacial score (nSPS) is 12.4. The molecule has 3 aromatic rings. The molecule has 0 atom stereocenters. The molecule has 6 heteroatoms. The van der Waals surface area contributed by atoms with E-state index in [1.54, 1.807) is 18.4 Å². The van der Waals surface area contributed by atoms with Gasteiger partial charge in [-0.2, -0.15) is 0 Å². The topological polar surface area (TPSA) is 63.3 Å². The molecule has 2 aromatic heterocycles. The summed E-state index contributed by atoms with van der Waals surface area (Å²) >= 11 is 1.58. The maximum atomic E-state index is 11.1. The van der Waals surface area contributed by atoms with E-state index < -0.39 is 5.76 Å². The number of nitrogens with zero attached hydrogens (tertiary/aromatic N) is 2. The second-order valence-electron chi connectivity index (χ2n) is 3.91. The van der Waals surface area contributed by atoms with Gasteiger partial charge < -0.3 is 8.98 Å². The first-order chi connectivity index (χ1) is 8.69. The maximum absolute atomic E-state index is 11.1. The quantitative estimate of drug-likeness (QED) is 0.725. The number of hydrogen-bond donors (Lipinski definition) is 1. The van der Waals surface area contributed by atoms with E-state index in [-0.39, 0.29) is 0 Å². The van der Waals surface area contributed by atoms with Crippen molar-refractivity contribution in [3.05, 3.63) is 38.9 Å². The number of benzene rings is 1. The van der Waals surface area contributed by atoms with Crippen LogP contribution < -0.4 is 10.6 Å². The Morgan fingerprint density at radius 3 is 3.00 bits per heavy atom. The standard InChI is InChI=1S/C12H11N3O2S/c1-13-11-15(2)9(6-18-11)7-3-4-8-10(5-7)17-12(16)14-8/h3-6H,1-2H3,(H,14,16). The molecule has 0 aliphatic heterocycles. The predicted octanol–water partition coefficient (Wildman–Crippen LogP) is 1.72. The summed E-state index contributed by atoms with van der Waals surface area (Å²) < 4.78 is 7.07. The summed E-state index contributed by atoms with van der Waals surface area (Å²) in [6.07, 6.45) is 0. The maximum Gasteiger partial charge on any atom is 0.417 e. The van der Waals surface area contributed by atoms with E-state index in [0.29, 0.717) is 11.1 Å². The molecule has 1 aromatic carbocycles. The van der Waals surface area contributed by atoms with Gasteiger partial charge in [-0.3, -0.25) is 9.98 Å². The monoisotopic (exact) mass is 261 g/mol. The molecular weight excluding hydrogens is 250 g/mol. The van der Waals surface area contributed by atoms with Gasteiger partial charge in [0.2, 0.25) is 0 Å². The van der Waals surface area contributed by atoms with Gasteiger partial charge in [-0.15, -0.1) is 11.3 Å². The van der Waals surface area contributed by atoms with Crippen LogP contribution in [0.3, 0.4) is 0 Å². The van der Waals surface area contributed by atoms with Gasteiger partial charge in [0, 0.05) is 25.0 Å². The lowest BCUT2D eigenvalue weighted by molar-refractivity contribution is 0.555. The fraction of sp³-hybridized carbons (Fsp3) is 0.167. The van der Waals surface area contributed by atoms with Crippen molar-refractivity contribution in [2.45, 2.75) is 0 Å².